The molecule has 0 unspecified atom stereocenters. The molecular weight excluding hydrogens is 647 g/mol. The standard InChI is InChI=1S/C49H39N3O/c1-48(2)25-26-49(3,4)41-29-34(23-24-40(41)48)37-15-9-16-38-43-39(17-10-18-42(43)53-44(37)38)47-51-45(35-21-19-30-11-5-7-13-32(30)27-35)50-46(52-47)36-22-20-31-12-6-8-14-33(31)28-36/h5-24,27-29H,25-26H2,1-4H3. The van der Waals surface area contributed by atoms with Crippen LogP contribution in [0.15, 0.2) is 144 Å². The predicted octanol–water partition coefficient (Wildman–Crippen LogP) is 13.1. The van der Waals surface area contributed by atoms with Crippen LogP contribution in [0.2, 0.25) is 0 Å². The first kappa shape index (κ1) is 31.6. The third kappa shape index (κ3) is 5.23. The van der Waals surface area contributed by atoms with Gasteiger partial charge in [-0.2, -0.15) is 0 Å². The van der Waals surface area contributed by atoms with Crippen molar-refractivity contribution in [1.29, 1.82) is 0 Å². The Labute approximate surface area is 309 Å². The summed E-state index contributed by atoms with van der Waals surface area (Å²) < 4.78 is 6.79. The Hall–Kier alpha value is -6.13. The maximum Gasteiger partial charge on any atom is 0.164 e. The van der Waals surface area contributed by atoms with Crippen LogP contribution in [0.3, 0.4) is 0 Å². The molecule has 0 amide bonds. The van der Waals surface area contributed by atoms with Gasteiger partial charge in [-0.25, -0.2) is 15.0 Å². The van der Waals surface area contributed by atoms with Crippen molar-refractivity contribution < 1.29 is 4.42 Å². The van der Waals surface area contributed by atoms with Crippen LogP contribution in [0.4, 0.5) is 0 Å². The molecule has 0 spiro atoms. The normalized spacial score (nSPS) is 14.9. The number of nitrogens with zero attached hydrogens (tertiary/aromatic N) is 3. The van der Waals surface area contributed by atoms with E-state index in [0.29, 0.717) is 17.5 Å². The fourth-order valence-corrected chi connectivity index (χ4v) is 8.43. The van der Waals surface area contributed by atoms with Gasteiger partial charge in [0, 0.05) is 33.0 Å². The van der Waals surface area contributed by atoms with E-state index in [0.717, 1.165) is 55.0 Å². The Morgan fingerprint density at radius 3 is 1.66 bits per heavy atom. The van der Waals surface area contributed by atoms with E-state index in [4.69, 9.17) is 19.4 Å². The van der Waals surface area contributed by atoms with Crippen molar-refractivity contribution in [3.63, 3.8) is 0 Å². The number of aromatic nitrogens is 3. The molecule has 7 aromatic carbocycles. The van der Waals surface area contributed by atoms with Crippen LogP contribution < -0.4 is 0 Å². The second-order valence-corrected chi connectivity index (χ2v) is 15.9. The van der Waals surface area contributed by atoms with Crippen molar-refractivity contribution in [1.82, 2.24) is 15.0 Å². The summed E-state index contributed by atoms with van der Waals surface area (Å²) in [5.74, 6) is 1.88. The number of benzene rings is 7. The quantitative estimate of drug-likeness (QED) is 0.185. The molecule has 0 aliphatic heterocycles. The highest BCUT2D eigenvalue weighted by Crippen LogP contribution is 2.48. The monoisotopic (exact) mass is 685 g/mol. The summed E-state index contributed by atoms with van der Waals surface area (Å²) in [6, 6.07) is 49.3. The van der Waals surface area contributed by atoms with E-state index in [-0.39, 0.29) is 10.8 Å². The molecule has 256 valence electrons. The Morgan fingerprint density at radius 1 is 0.453 bits per heavy atom. The van der Waals surface area contributed by atoms with Crippen LogP contribution in [-0.2, 0) is 10.8 Å². The van der Waals surface area contributed by atoms with Gasteiger partial charge in [-0.1, -0.05) is 149 Å². The van der Waals surface area contributed by atoms with Crippen molar-refractivity contribution in [3.8, 4) is 45.3 Å². The summed E-state index contributed by atoms with van der Waals surface area (Å²) in [5, 5.41) is 6.69. The van der Waals surface area contributed by atoms with Crippen molar-refractivity contribution in [2.24, 2.45) is 0 Å². The molecule has 2 aromatic heterocycles. The molecule has 0 fully saturated rings. The first-order chi connectivity index (χ1) is 25.7. The molecule has 0 saturated heterocycles. The van der Waals surface area contributed by atoms with Crippen LogP contribution in [-0.4, -0.2) is 15.0 Å². The highest BCUT2D eigenvalue weighted by molar-refractivity contribution is 6.15. The number of rotatable bonds is 4. The lowest BCUT2D eigenvalue weighted by Gasteiger charge is -2.42. The third-order valence-corrected chi connectivity index (χ3v) is 11.6. The molecule has 0 N–H and O–H groups in total. The van der Waals surface area contributed by atoms with Gasteiger partial charge >= 0.3 is 0 Å². The zero-order valence-electron chi connectivity index (χ0n) is 30.4. The molecule has 1 aliphatic carbocycles. The van der Waals surface area contributed by atoms with Gasteiger partial charge in [-0.05, 0) is 80.1 Å². The molecule has 1 aliphatic rings. The van der Waals surface area contributed by atoms with Gasteiger partial charge in [0.25, 0.3) is 0 Å². The van der Waals surface area contributed by atoms with E-state index in [1.807, 2.05) is 6.07 Å². The summed E-state index contributed by atoms with van der Waals surface area (Å²) >= 11 is 0. The first-order valence-electron chi connectivity index (χ1n) is 18.6. The summed E-state index contributed by atoms with van der Waals surface area (Å²) in [4.78, 5) is 15.5. The van der Waals surface area contributed by atoms with Gasteiger partial charge < -0.3 is 4.42 Å². The zero-order valence-corrected chi connectivity index (χ0v) is 30.4. The van der Waals surface area contributed by atoms with Gasteiger partial charge in [0.2, 0.25) is 0 Å². The van der Waals surface area contributed by atoms with Gasteiger partial charge in [0.1, 0.15) is 11.2 Å². The topological polar surface area (TPSA) is 51.8 Å². The molecule has 9 aromatic rings. The Morgan fingerprint density at radius 2 is 1.00 bits per heavy atom. The van der Waals surface area contributed by atoms with E-state index in [2.05, 4.69) is 161 Å². The van der Waals surface area contributed by atoms with E-state index >= 15 is 0 Å². The molecular formula is C49H39N3O. The number of fused-ring (bicyclic) bond motifs is 6. The van der Waals surface area contributed by atoms with Crippen LogP contribution in [0, 0.1) is 0 Å². The van der Waals surface area contributed by atoms with Crippen molar-refractivity contribution in [2.75, 3.05) is 0 Å². The largest absolute Gasteiger partial charge is 0.455 e. The zero-order chi connectivity index (χ0) is 35.9. The minimum atomic E-state index is 0.111. The number of para-hydroxylation sites is 1. The van der Waals surface area contributed by atoms with Gasteiger partial charge in [-0.3, -0.25) is 0 Å². The van der Waals surface area contributed by atoms with E-state index in [9.17, 15) is 0 Å². The number of hydrogen-bond acceptors (Lipinski definition) is 4. The fourth-order valence-electron chi connectivity index (χ4n) is 8.43. The summed E-state index contributed by atoms with van der Waals surface area (Å²) in [6.07, 6.45) is 2.36. The molecule has 0 bridgehead atoms. The van der Waals surface area contributed by atoms with Crippen LogP contribution in [0.25, 0.3) is 88.8 Å². The SMILES string of the molecule is CC1(C)CCC(C)(C)c2cc(-c3cccc4c3oc3cccc(-c5nc(-c6ccc7ccccc7c6)nc(-c6ccc7ccccc7c6)n5)c34)ccc21. The Bertz CT molecular complexity index is 2820. The molecule has 0 radical (unpaired) electrons. The smallest absolute Gasteiger partial charge is 0.164 e. The molecule has 4 nitrogen and oxygen atoms in total. The Balaban J connectivity index is 1.18. The molecule has 2 heterocycles. The molecule has 4 heteroatoms. The highest BCUT2D eigenvalue weighted by atomic mass is 16.3. The lowest BCUT2D eigenvalue weighted by atomic mass is 9.63. The lowest BCUT2D eigenvalue weighted by Crippen LogP contribution is -2.33. The average Bonchev–Trinajstić information content (AvgIpc) is 3.58. The summed E-state index contributed by atoms with van der Waals surface area (Å²) in [7, 11) is 0. The summed E-state index contributed by atoms with van der Waals surface area (Å²) in [6.45, 7) is 9.51. The maximum absolute atomic E-state index is 6.79. The fraction of sp³-hybridized carbons (Fsp3) is 0.163. The van der Waals surface area contributed by atoms with Gasteiger partial charge in [0.05, 0.1) is 0 Å². The maximum atomic E-state index is 6.79. The summed E-state index contributed by atoms with van der Waals surface area (Å²) in [5.41, 5.74) is 9.92. The van der Waals surface area contributed by atoms with Gasteiger partial charge in [0.15, 0.2) is 17.5 Å². The predicted molar refractivity (Wildman–Crippen MR) is 219 cm³/mol. The molecule has 0 saturated carbocycles. The second-order valence-electron chi connectivity index (χ2n) is 15.9. The van der Waals surface area contributed by atoms with Crippen molar-refractivity contribution in [2.45, 2.75) is 51.4 Å². The molecule has 0 atom stereocenters. The van der Waals surface area contributed by atoms with Crippen molar-refractivity contribution >= 4 is 43.5 Å². The Kier molecular flexibility index (Phi) is 6.97. The van der Waals surface area contributed by atoms with E-state index < -0.39 is 0 Å². The number of furan rings is 1. The van der Waals surface area contributed by atoms with Crippen LogP contribution in [0.1, 0.15) is 51.7 Å². The van der Waals surface area contributed by atoms with E-state index in [1.165, 1.54) is 40.3 Å². The van der Waals surface area contributed by atoms with Crippen LogP contribution >= 0.6 is 0 Å². The lowest BCUT2D eigenvalue weighted by molar-refractivity contribution is 0.332. The van der Waals surface area contributed by atoms with Crippen LogP contribution in [0.5, 0.6) is 0 Å². The van der Waals surface area contributed by atoms with E-state index in [1.54, 1.807) is 0 Å². The molecule has 53 heavy (non-hydrogen) atoms. The first-order valence-corrected chi connectivity index (χ1v) is 18.6. The average molecular weight is 686 g/mol. The highest BCUT2D eigenvalue weighted by Gasteiger charge is 2.37. The van der Waals surface area contributed by atoms with Crippen molar-refractivity contribution in [3.05, 3.63) is 151 Å². The third-order valence-electron chi connectivity index (χ3n) is 11.6. The minimum absolute atomic E-state index is 0.111. The minimum Gasteiger partial charge on any atom is -0.455 e. The second kappa shape index (κ2) is 11.7. The van der Waals surface area contributed by atoms with Gasteiger partial charge in [-0.15, -0.1) is 0 Å². The molecule has 10 rings (SSSR count). The number of hydrogen-bond donors (Lipinski definition) is 0.